The van der Waals surface area contributed by atoms with Gasteiger partial charge >= 0.3 is 5.97 Å². The Kier molecular flexibility index (Phi) is 6.65. The van der Waals surface area contributed by atoms with E-state index >= 15 is 0 Å². The number of nitrogens with zero attached hydrogens (tertiary/aromatic N) is 4. The van der Waals surface area contributed by atoms with Gasteiger partial charge in [-0.05, 0) is 26.3 Å². The van der Waals surface area contributed by atoms with Crippen molar-refractivity contribution in [3.63, 3.8) is 0 Å². The second-order valence-corrected chi connectivity index (χ2v) is 7.77. The van der Waals surface area contributed by atoms with E-state index in [2.05, 4.69) is 44.9 Å². The second kappa shape index (κ2) is 9.04. The maximum absolute atomic E-state index is 11.3. The van der Waals surface area contributed by atoms with Crippen LogP contribution < -0.4 is 5.43 Å². The van der Waals surface area contributed by atoms with Crippen molar-refractivity contribution >= 4 is 52.7 Å². The number of nitrogens with one attached hydrogen (secondary N) is 1. The number of hydrogen-bond donors (Lipinski definition) is 2. The van der Waals surface area contributed by atoms with Gasteiger partial charge in [0.1, 0.15) is 10.0 Å². The number of benzene rings is 1. The van der Waals surface area contributed by atoms with E-state index in [0.29, 0.717) is 6.54 Å². The number of pyridine rings is 1. The highest BCUT2D eigenvalue weighted by atomic mass is 35.5. The van der Waals surface area contributed by atoms with Crippen molar-refractivity contribution in [3.05, 3.63) is 73.2 Å². The first-order valence-electron chi connectivity index (χ1n) is 8.85. The molecule has 0 bridgehead atoms. The Balaban J connectivity index is 1.85. The molecule has 3 aromatic rings. The standard InChI is InChI=1S/C20H18Cl3N5O2/c1-10-4-6-13(7-5-10)9-28-12(3)14(11(2)27-28)8-24-26-17-15(21)18(20(29)30)25-19(23)16(17)22/h4-8H,9H2,1-3H3,(H,25,26)(H,29,30)/b24-8+. The van der Waals surface area contributed by atoms with Crippen LogP contribution in [0.25, 0.3) is 0 Å². The van der Waals surface area contributed by atoms with Crippen LogP contribution in [0.15, 0.2) is 29.4 Å². The third-order valence-electron chi connectivity index (χ3n) is 4.50. The molecule has 0 saturated carbocycles. The average molecular weight is 467 g/mol. The van der Waals surface area contributed by atoms with E-state index in [1.165, 1.54) is 5.56 Å². The highest BCUT2D eigenvalue weighted by Crippen LogP contribution is 2.36. The van der Waals surface area contributed by atoms with Gasteiger partial charge in [0.15, 0.2) is 10.8 Å². The molecule has 10 heteroatoms. The summed E-state index contributed by atoms with van der Waals surface area (Å²) >= 11 is 18.1. The molecule has 7 nitrogen and oxygen atoms in total. The Morgan fingerprint density at radius 1 is 1.17 bits per heavy atom. The molecule has 0 atom stereocenters. The maximum Gasteiger partial charge on any atom is 0.356 e. The Morgan fingerprint density at radius 3 is 2.47 bits per heavy atom. The third kappa shape index (κ3) is 4.59. The fourth-order valence-electron chi connectivity index (χ4n) is 2.83. The predicted octanol–water partition coefficient (Wildman–Crippen LogP) is 5.36. The largest absolute Gasteiger partial charge is 0.476 e. The molecule has 0 radical (unpaired) electrons. The van der Waals surface area contributed by atoms with E-state index in [1.54, 1.807) is 6.21 Å². The van der Waals surface area contributed by atoms with Gasteiger partial charge in [0.2, 0.25) is 0 Å². The number of hydrogen-bond acceptors (Lipinski definition) is 5. The molecule has 0 amide bonds. The van der Waals surface area contributed by atoms with Gasteiger partial charge in [0.05, 0.1) is 24.1 Å². The van der Waals surface area contributed by atoms with Crippen molar-refractivity contribution < 1.29 is 9.90 Å². The minimum absolute atomic E-state index is 0.0210. The van der Waals surface area contributed by atoms with Gasteiger partial charge < -0.3 is 5.11 Å². The van der Waals surface area contributed by atoms with Crippen LogP contribution in [0.3, 0.4) is 0 Å². The summed E-state index contributed by atoms with van der Waals surface area (Å²) < 4.78 is 1.90. The highest BCUT2D eigenvalue weighted by Gasteiger charge is 2.20. The maximum atomic E-state index is 11.3. The number of hydrazone groups is 1. The number of aromatic nitrogens is 3. The molecular formula is C20H18Cl3N5O2. The fraction of sp³-hybridized carbons (Fsp3) is 0.200. The second-order valence-electron chi connectivity index (χ2n) is 6.66. The lowest BCUT2D eigenvalue weighted by Crippen LogP contribution is -2.05. The van der Waals surface area contributed by atoms with Crippen LogP contribution in [0.1, 0.15) is 38.6 Å². The van der Waals surface area contributed by atoms with Crippen molar-refractivity contribution in [1.82, 2.24) is 14.8 Å². The summed E-state index contributed by atoms with van der Waals surface area (Å²) in [5, 5.41) is 17.5. The topological polar surface area (TPSA) is 92.4 Å². The van der Waals surface area contributed by atoms with Gasteiger partial charge in [-0.1, -0.05) is 64.6 Å². The van der Waals surface area contributed by atoms with Gasteiger partial charge in [-0.25, -0.2) is 9.78 Å². The average Bonchev–Trinajstić information content (AvgIpc) is 2.96. The van der Waals surface area contributed by atoms with Crippen molar-refractivity contribution in [2.75, 3.05) is 5.43 Å². The van der Waals surface area contributed by atoms with Crippen LogP contribution in [-0.4, -0.2) is 32.1 Å². The molecule has 0 saturated heterocycles. The van der Waals surface area contributed by atoms with Crippen molar-refractivity contribution in [2.45, 2.75) is 27.3 Å². The number of aryl methyl sites for hydroxylation is 2. The number of carbonyl (C=O) groups is 1. The number of carboxylic acid groups (broad SMARTS) is 1. The number of rotatable bonds is 6. The Hall–Kier alpha value is -2.61. The molecule has 2 N–H and O–H groups in total. The smallest absolute Gasteiger partial charge is 0.356 e. The SMILES string of the molecule is Cc1ccc(Cn2nc(C)c(/C=N/Nc3c(Cl)c(Cl)nc(C(=O)O)c3Cl)c2C)cc1. The molecule has 0 aliphatic heterocycles. The lowest BCUT2D eigenvalue weighted by atomic mass is 10.1. The molecular weight excluding hydrogens is 449 g/mol. The lowest BCUT2D eigenvalue weighted by Gasteiger charge is -2.09. The van der Waals surface area contributed by atoms with E-state index in [-0.39, 0.29) is 20.9 Å². The zero-order valence-electron chi connectivity index (χ0n) is 16.4. The van der Waals surface area contributed by atoms with Crippen molar-refractivity contribution in [1.29, 1.82) is 0 Å². The molecule has 0 spiro atoms. The Bertz CT molecular complexity index is 1140. The summed E-state index contributed by atoms with van der Waals surface area (Å²) in [5.74, 6) is -1.32. The predicted molar refractivity (Wildman–Crippen MR) is 119 cm³/mol. The van der Waals surface area contributed by atoms with Crippen molar-refractivity contribution in [3.8, 4) is 0 Å². The van der Waals surface area contributed by atoms with Gasteiger partial charge in [0.25, 0.3) is 0 Å². The molecule has 3 rings (SSSR count). The summed E-state index contributed by atoms with van der Waals surface area (Å²) in [5.41, 5.74) is 7.19. The zero-order chi connectivity index (χ0) is 22.0. The Morgan fingerprint density at radius 2 is 1.83 bits per heavy atom. The lowest BCUT2D eigenvalue weighted by molar-refractivity contribution is 0.0691. The monoisotopic (exact) mass is 465 g/mol. The zero-order valence-corrected chi connectivity index (χ0v) is 18.6. The van der Waals surface area contributed by atoms with Crippen molar-refractivity contribution in [2.24, 2.45) is 5.10 Å². The quantitative estimate of drug-likeness (QED) is 0.290. The van der Waals surface area contributed by atoms with Crippen LogP contribution in [0, 0.1) is 20.8 Å². The van der Waals surface area contributed by atoms with Gasteiger partial charge in [-0.3, -0.25) is 10.1 Å². The van der Waals surface area contributed by atoms with E-state index in [4.69, 9.17) is 34.8 Å². The molecule has 30 heavy (non-hydrogen) atoms. The highest BCUT2D eigenvalue weighted by molar-refractivity contribution is 6.46. The minimum atomic E-state index is -1.32. The summed E-state index contributed by atoms with van der Waals surface area (Å²) in [6.45, 7) is 6.50. The van der Waals surface area contributed by atoms with Crippen LogP contribution >= 0.6 is 34.8 Å². The molecule has 2 heterocycles. The molecule has 0 unspecified atom stereocenters. The summed E-state index contributed by atoms with van der Waals surface area (Å²) in [6.07, 6.45) is 1.57. The molecule has 0 aliphatic rings. The third-order valence-corrected chi connectivity index (χ3v) is 5.61. The number of carboxylic acids is 1. The van der Waals surface area contributed by atoms with Gasteiger partial charge in [0, 0.05) is 11.3 Å². The van der Waals surface area contributed by atoms with E-state index < -0.39 is 11.7 Å². The fourth-order valence-corrected chi connectivity index (χ4v) is 3.50. The number of halogens is 3. The summed E-state index contributed by atoms with van der Waals surface area (Å²) in [4.78, 5) is 14.9. The molecule has 0 fully saturated rings. The van der Waals surface area contributed by atoms with Gasteiger partial charge in [-0.2, -0.15) is 10.2 Å². The first kappa shape index (κ1) is 22.1. The summed E-state index contributed by atoms with van der Waals surface area (Å²) in [7, 11) is 0. The first-order valence-corrected chi connectivity index (χ1v) is 9.98. The first-order chi connectivity index (χ1) is 14.2. The number of anilines is 1. The molecule has 2 aromatic heterocycles. The van der Waals surface area contributed by atoms with Crippen LogP contribution in [0.2, 0.25) is 15.2 Å². The van der Waals surface area contributed by atoms with Crippen LogP contribution in [-0.2, 0) is 6.54 Å². The molecule has 0 aliphatic carbocycles. The van der Waals surface area contributed by atoms with Crippen LogP contribution in [0.4, 0.5) is 5.69 Å². The molecule has 156 valence electrons. The van der Waals surface area contributed by atoms with Crippen LogP contribution in [0.5, 0.6) is 0 Å². The Labute approximate surface area is 188 Å². The molecule has 1 aromatic carbocycles. The van der Waals surface area contributed by atoms with Gasteiger partial charge in [-0.15, -0.1) is 0 Å². The van der Waals surface area contributed by atoms with E-state index in [1.807, 2.05) is 25.5 Å². The normalized spacial score (nSPS) is 11.3. The van der Waals surface area contributed by atoms with E-state index in [9.17, 15) is 9.90 Å². The summed E-state index contributed by atoms with van der Waals surface area (Å²) in [6, 6.07) is 8.26. The number of aromatic carboxylic acids is 1. The van der Waals surface area contributed by atoms with E-state index in [0.717, 1.165) is 22.5 Å². The minimum Gasteiger partial charge on any atom is -0.476 e.